The van der Waals surface area contributed by atoms with Gasteiger partial charge in [-0.15, -0.1) is 0 Å². The molecule has 0 aliphatic heterocycles. The van der Waals surface area contributed by atoms with E-state index in [0.29, 0.717) is 6.42 Å². The van der Waals surface area contributed by atoms with Crippen LogP contribution in [0.1, 0.15) is 109 Å². The third kappa shape index (κ3) is 10.9. The van der Waals surface area contributed by atoms with Crippen LogP contribution in [0.4, 0.5) is 0 Å². The third-order valence-corrected chi connectivity index (χ3v) is 6.13. The highest BCUT2D eigenvalue weighted by Crippen LogP contribution is 2.26. The zero-order valence-electron chi connectivity index (χ0n) is 21.1. The van der Waals surface area contributed by atoms with Crippen LogP contribution in [0.3, 0.4) is 0 Å². The summed E-state index contributed by atoms with van der Waals surface area (Å²) < 4.78 is 11.5. The van der Waals surface area contributed by atoms with Crippen molar-refractivity contribution < 1.29 is 14.3 Å². The number of rotatable bonds is 17. The summed E-state index contributed by atoms with van der Waals surface area (Å²) in [4.78, 5) is 12.1. The van der Waals surface area contributed by atoms with Crippen LogP contribution in [0, 0.1) is 0 Å². The number of ether oxygens (including phenoxy) is 2. The van der Waals surface area contributed by atoms with Gasteiger partial charge in [0.15, 0.2) is 0 Å². The summed E-state index contributed by atoms with van der Waals surface area (Å²) in [7, 11) is 0. The number of hydrogen-bond donors (Lipinski definition) is 0. The standard InChI is InChI=1S/C30H44O3/c1-4-6-8-10-11-13-15-30(31)33-25(3)26-16-18-27(19-17-26)28-20-22-29(23-21-28)32-24-14-12-9-7-5-2/h16-23,25H,4-15,24H2,1-3H3. The molecule has 0 radical (unpaired) electrons. The zero-order chi connectivity index (χ0) is 23.7. The van der Waals surface area contributed by atoms with Crippen LogP contribution in [0.25, 0.3) is 11.1 Å². The number of esters is 1. The largest absolute Gasteiger partial charge is 0.494 e. The Hall–Kier alpha value is -2.29. The van der Waals surface area contributed by atoms with Gasteiger partial charge in [-0.3, -0.25) is 4.79 Å². The van der Waals surface area contributed by atoms with Crippen LogP contribution in [0.15, 0.2) is 48.5 Å². The lowest BCUT2D eigenvalue weighted by atomic mass is 10.0. The number of carbonyl (C=O) groups is 1. The second-order valence-corrected chi connectivity index (χ2v) is 9.06. The fourth-order valence-electron chi connectivity index (χ4n) is 3.96. The lowest BCUT2D eigenvalue weighted by Crippen LogP contribution is -2.08. The van der Waals surface area contributed by atoms with Gasteiger partial charge in [0.25, 0.3) is 0 Å². The quantitative estimate of drug-likeness (QED) is 0.177. The van der Waals surface area contributed by atoms with Crippen molar-refractivity contribution in [3.63, 3.8) is 0 Å². The molecule has 0 aliphatic carbocycles. The van der Waals surface area contributed by atoms with Crippen molar-refractivity contribution in [1.82, 2.24) is 0 Å². The Morgan fingerprint density at radius 2 is 1.21 bits per heavy atom. The summed E-state index contributed by atoms with van der Waals surface area (Å²) in [5, 5.41) is 0. The summed E-state index contributed by atoms with van der Waals surface area (Å²) in [5.41, 5.74) is 3.33. The molecule has 0 bridgehead atoms. The van der Waals surface area contributed by atoms with E-state index in [9.17, 15) is 4.79 Å². The van der Waals surface area contributed by atoms with Crippen LogP contribution >= 0.6 is 0 Å². The van der Waals surface area contributed by atoms with E-state index in [1.54, 1.807) is 0 Å². The molecule has 0 saturated carbocycles. The van der Waals surface area contributed by atoms with Gasteiger partial charge in [0.2, 0.25) is 0 Å². The van der Waals surface area contributed by atoms with Crippen molar-refractivity contribution in [1.29, 1.82) is 0 Å². The molecule has 33 heavy (non-hydrogen) atoms. The van der Waals surface area contributed by atoms with Gasteiger partial charge in [-0.2, -0.15) is 0 Å². The van der Waals surface area contributed by atoms with Gasteiger partial charge < -0.3 is 9.47 Å². The smallest absolute Gasteiger partial charge is 0.306 e. The van der Waals surface area contributed by atoms with Crippen molar-refractivity contribution in [3.8, 4) is 16.9 Å². The van der Waals surface area contributed by atoms with Crippen LogP contribution < -0.4 is 4.74 Å². The molecule has 3 nitrogen and oxygen atoms in total. The lowest BCUT2D eigenvalue weighted by molar-refractivity contribution is -0.148. The Morgan fingerprint density at radius 3 is 1.82 bits per heavy atom. The summed E-state index contributed by atoms with van der Waals surface area (Å²) in [6.45, 7) is 7.18. The molecule has 0 N–H and O–H groups in total. The molecule has 0 heterocycles. The molecule has 2 rings (SSSR count). The predicted molar refractivity (Wildman–Crippen MR) is 139 cm³/mol. The minimum atomic E-state index is -0.222. The maximum Gasteiger partial charge on any atom is 0.306 e. The highest BCUT2D eigenvalue weighted by Gasteiger charge is 2.12. The first-order chi connectivity index (χ1) is 16.1. The molecular formula is C30H44O3. The van der Waals surface area contributed by atoms with E-state index in [-0.39, 0.29) is 12.1 Å². The Morgan fingerprint density at radius 1 is 0.697 bits per heavy atom. The zero-order valence-corrected chi connectivity index (χ0v) is 21.1. The predicted octanol–water partition coefficient (Wildman–Crippen LogP) is 9.06. The molecule has 1 unspecified atom stereocenters. The Labute approximate surface area is 201 Å². The SMILES string of the molecule is CCCCCCCCC(=O)OC(C)c1ccc(-c2ccc(OCCCCCCC)cc2)cc1. The van der Waals surface area contributed by atoms with Gasteiger partial charge in [0.05, 0.1) is 6.61 Å². The first kappa shape index (κ1) is 27.0. The highest BCUT2D eigenvalue weighted by atomic mass is 16.5. The fraction of sp³-hybridized carbons (Fsp3) is 0.567. The van der Waals surface area contributed by atoms with Gasteiger partial charge >= 0.3 is 5.97 Å². The number of carbonyl (C=O) groups excluding carboxylic acids is 1. The minimum Gasteiger partial charge on any atom is -0.494 e. The summed E-state index contributed by atoms with van der Waals surface area (Å²) in [5.74, 6) is 0.833. The summed E-state index contributed by atoms with van der Waals surface area (Å²) in [6, 6.07) is 16.6. The van der Waals surface area contributed by atoms with Gasteiger partial charge in [-0.05, 0) is 48.6 Å². The average Bonchev–Trinajstić information content (AvgIpc) is 2.84. The van der Waals surface area contributed by atoms with Gasteiger partial charge in [-0.1, -0.05) is 108 Å². The average molecular weight is 453 g/mol. The van der Waals surface area contributed by atoms with Gasteiger partial charge in [0, 0.05) is 6.42 Å². The van der Waals surface area contributed by atoms with E-state index in [1.807, 2.05) is 19.1 Å². The fourth-order valence-corrected chi connectivity index (χ4v) is 3.96. The Kier molecular flexibility index (Phi) is 13.4. The van der Waals surface area contributed by atoms with Crippen molar-refractivity contribution in [2.75, 3.05) is 6.61 Å². The van der Waals surface area contributed by atoms with Crippen molar-refractivity contribution in [3.05, 3.63) is 54.1 Å². The summed E-state index contributed by atoms with van der Waals surface area (Å²) >= 11 is 0. The normalized spacial score (nSPS) is 11.8. The first-order valence-corrected chi connectivity index (χ1v) is 13.2. The molecule has 0 amide bonds. The second-order valence-electron chi connectivity index (χ2n) is 9.06. The molecular weight excluding hydrogens is 408 g/mol. The van der Waals surface area contributed by atoms with E-state index < -0.39 is 0 Å². The number of unbranched alkanes of at least 4 members (excludes halogenated alkanes) is 9. The maximum absolute atomic E-state index is 12.1. The summed E-state index contributed by atoms with van der Waals surface area (Å²) in [6.07, 6.45) is 13.6. The number of hydrogen-bond acceptors (Lipinski definition) is 3. The van der Waals surface area contributed by atoms with E-state index in [1.165, 1.54) is 51.4 Å². The molecule has 0 saturated heterocycles. The Balaban J connectivity index is 1.74. The lowest BCUT2D eigenvalue weighted by Gasteiger charge is -2.14. The molecule has 0 fully saturated rings. The van der Waals surface area contributed by atoms with E-state index in [2.05, 4.69) is 50.2 Å². The van der Waals surface area contributed by atoms with Crippen LogP contribution in [0.2, 0.25) is 0 Å². The third-order valence-electron chi connectivity index (χ3n) is 6.13. The van der Waals surface area contributed by atoms with Crippen molar-refractivity contribution in [2.24, 2.45) is 0 Å². The molecule has 1 atom stereocenters. The molecule has 182 valence electrons. The molecule has 0 aromatic heterocycles. The van der Waals surface area contributed by atoms with E-state index >= 15 is 0 Å². The molecule has 3 heteroatoms. The molecule has 2 aromatic carbocycles. The number of benzene rings is 2. The molecule has 0 aliphatic rings. The first-order valence-electron chi connectivity index (χ1n) is 13.2. The van der Waals surface area contributed by atoms with Crippen LogP contribution in [-0.2, 0) is 9.53 Å². The second kappa shape index (κ2) is 16.3. The van der Waals surface area contributed by atoms with Crippen molar-refractivity contribution >= 4 is 5.97 Å². The minimum absolute atomic E-state index is 0.0944. The maximum atomic E-state index is 12.1. The van der Waals surface area contributed by atoms with Crippen LogP contribution in [-0.4, -0.2) is 12.6 Å². The van der Waals surface area contributed by atoms with Gasteiger partial charge in [0.1, 0.15) is 11.9 Å². The monoisotopic (exact) mass is 452 g/mol. The topological polar surface area (TPSA) is 35.5 Å². The Bertz CT molecular complexity index is 764. The van der Waals surface area contributed by atoms with Crippen molar-refractivity contribution in [2.45, 2.75) is 104 Å². The highest BCUT2D eigenvalue weighted by molar-refractivity contribution is 5.69. The van der Waals surface area contributed by atoms with Crippen LogP contribution in [0.5, 0.6) is 5.75 Å². The molecule has 0 spiro atoms. The van der Waals surface area contributed by atoms with E-state index in [0.717, 1.165) is 48.3 Å². The van der Waals surface area contributed by atoms with E-state index in [4.69, 9.17) is 9.47 Å². The van der Waals surface area contributed by atoms with Gasteiger partial charge in [-0.25, -0.2) is 0 Å². The molecule has 2 aromatic rings.